The van der Waals surface area contributed by atoms with Gasteiger partial charge in [-0.3, -0.25) is 9.59 Å². The van der Waals surface area contributed by atoms with Gasteiger partial charge in [0.25, 0.3) is 0 Å². The zero-order valence-electron chi connectivity index (χ0n) is 18.2. The van der Waals surface area contributed by atoms with E-state index in [1.165, 1.54) is 31.4 Å². The van der Waals surface area contributed by atoms with E-state index in [-0.39, 0.29) is 55.3 Å². The smallest absolute Gasteiger partial charge is 0.420 e. The first kappa shape index (κ1) is 24.9. The fourth-order valence-electron chi connectivity index (χ4n) is 3.67. The van der Waals surface area contributed by atoms with E-state index in [1.807, 2.05) is 0 Å². The minimum absolute atomic E-state index is 0.0308. The van der Waals surface area contributed by atoms with Crippen molar-refractivity contribution >= 4 is 17.8 Å². The first-order valence-electron chi connectivity index (χ1n) is 10.4. The average Bonchev–Trinajstić information content (AvgIpc) is 2.79. The predicted octanol–water partition coefficient (Wildman–Crippen LogP) is 4.27. The number of rotatable bonds is 7. The Morgan fingerprint density at radius 2 is 1.68 bits per heavy atom. The van der Waals surface area contributed by atoms with Crippen molar-refractivity contribution in [2.45, 2.75) is 43.9 Å². The molecule has 0 aliphatic heterocycles. The maximum absolute atomic E-state index is 13.4. The summed E-state index contributed by atoms with van der Waals surface area (Å²) in [5.41, 5.74) is -1.75. The monoisotopic (exact) mass is 480 g/mol. The summed E-state index contributed by atoms with van der Waals surface area (Å²) in [6, 6.07) is 9.40. The number of ether oxygens (including phenoxy) is 2. The molecule has 0 bridgehead atoms. The molecule has 1 aliphatic rings. The SMILES string of the molecule is COc1ccc(Oc2ccc(CNC(=O)C3(NC(=O)O)CCC(=O)CC3)cc2)c(C(F)(F)F)c1. The molecular formula is C23H23F3N2O6. The third-order valence-corrected chi connectivity index (χ3v) is 5.54. The van der Waals surface area contributed by atoms with Gasteiger partial charge in [0.1, 0.15) is 34.1 Å². The summed E-state index contributed by atoms with van der Waals surface area (Å²) in [6.07, 6.45) is -5.66. The van der Waals surface area contributed by atoms with Crippen LogP contribution >= 0.6 is 0 Å². The van der Waals surface area contributed by atoms with Crippen molar-refractivity contribution in [3.05, 3.63) is 53.6 Å². The van der Waals surface area contributed by atoms with Gasteiger partial charge in [0.15, 0.2) is 0 Å². The van der Waals surface area contributed by atoms with Crippen LogP contribution in [-0.2, 0) is 22.3 Å². The van der Waals surface area contributed by atoms with Gasteiger partial charge in [0.2, 0.25) is 5.91 Å². The van der Waals surface area contributed by atoms with Gasteiger partial charge in [0.05, 0.1) is 7.11 Å². The molecule has 34 heavy (non-hydrogen) atoms. The van der Waals surface area contributed by atoms with Crippen molar-refractivity contribution in [2.24, 2.45) is 0 Å². The molecule has 0 radical (unpaired) electrons. The van der Waals surface area contributed by atoms with Crippen molar-refractivity contribution in [3.63, 3.8) is 0 Å². The van der Waals surface area contributed by atoms with Crippen molar-refractivity contribution in [3.8, 4) is 17.2 Å². The van der Waals surface area contributed by atoms with Gasteiger partial charge in [-0.2, -0.15) is 13.2 Å². The van der Waals surface area contributed by atoms with E-state index >= 15 is 0 Å². The number of benzene rings is 2. The topological polar surface area (TPSA) is 114 Å². The summed E-state index contributed by atoms with van der Waals surface area (Å²) < 4.78 is 50.3. The largest absolute Gasteiger partial charge is 0.497 e. The van der Waals surface area contributed by atoms with E-state index in [0.717, 1.165) is 6.07 Å². The molecule has 182 valence electrons. The number of carbonyl (C=O) groups is 3. The van der Waals surface area contributed by atoms with Crippen LogP contribution in [0.5, 0.6) is 17.2 Å². The number of halogens is 3. The Labute approximate surface area is 193 Å². The van der Waals surface area contributed by atoms with Gasteiger partial charge in [-0.15, -0.1) is 0 Å². The lowest BCUT2D eigenvalue weighted by molar-refractivity contribution is -0.138. The summed E-state index contributed by atoms with van der Waals surface area (Å²) in [5, 5.41) is 14.0. The predicted molar refractivity (Wildman–Crippen MR) is 114 cm³/mol. The second kappa shape index (κ2) is 10.0. The molecule has 0 spiro atoms. The van der Waals surface area contributed by atoms with Crippen LogP contribution in [0.2, 0.25) is 0 Å². The van der Waals surface area contributed by atoms with Gasteiger partial charge < -0.3 is 25.2 Å². The number of nitrogens with one attached hydrogen (secondary N) is 2. The Morgan fingerprint density at radius 1 is 1.06 bits per heavy atom. The molecule has 1 saturated carbocycles. The number of Topliss-reactive ketones (excluding diaryl/α,β-unsaturated/α-hetero) is 1. The molecule has 3 rings (SSSR count). The average molecular weight is 480 g/mol. The maximum atomic E-state index is 13.4. The van der Waals surface area contributed by atoms with Crippen LogP contribution in [0.1, 0.15) is 36.8 Å². The highest BCUT2D eigenvalue weighted by molar-refractivity contribution is 5.92. The molecule has 2 aromatic rings. The zero-order valence-corrected chi connectivity index (χ0v) is 18.2. The van der Waals surface area contributed by atoms with Crippen LogP contribution in [0, 0.1) is 0 Å². The first-order valence-corrected chi connectivity index (χ1v) is 10.4. The molecule has 3 N–H and O–H groups in total. The van der Waals surface area contributed by atoms with Crippen LogP contribution in [-0.4, -0.2) is 35.5 Å². The molecule has 0 heterocycles. The second-order valence-electron chi connectivity index (χ2n) is 7.84. The van der Waals surface area contributed by atoms with Gasteiger partial charge in [-0.1, -0.05) is 12.1 Å². The summed E-state index contributed by atoms with van der Waals surface area (Å²) in [6.45, 7) is 0.0481. The highest BCUT2D eigenvalue weighted by atomic mass is 19.4. The van der Waals surface area contributed by atoms with E-state index in [2.05, 4.69) is 10.6 Å². The first-order chi connectivity index (χ1) is 16.0. The zero-order chi connectivity index (χ0) is 24.9. The number of carboxylic acid groups (broad SMARTS) is 1. The summed E-state index contributed by atoms with van der Waals surface area (Å²) in [7, 11) is 1.26. The molecule has 0 aromatic heterocycles. The number of alkyl halides is 3. The van der Waals surface area contributed by atoms with Crippen LogP contribution < -0.4 is 20.1 Å². The molecule has 8 nitrogen and oxygen atoms in total. The molecular weight excluding hydrogens is 457 g/mol. The molecule has 1 fully saturated rings. The number of amides is 2. The third-order valence-electron chi connectivity index (χ3n) is 5.54. The lowest BCUT2D eigenvalue weighted by Crippen LogP contribution is -2.60. The van der Waals surface area contributed by atoms with E-state index in [1.54, 1.807) is 12.1 Å². The Hall–Kier alpha value is -3.76. The second-order valence-corrected chi connectivity index (χ2v) is 7.84. The van der Waals surface area contributed by atoms with Crippen molar-refractivity contribution < 1.29 is 42.1 Å². The minimum Gasteiger partial charge on any atom is -0.497 e. The van der Waals surface area contributed by atoms with Crippen molar-refractivity contribution in [1.82, 2.24) is 10.6 Å². The van der Waals surface area contributed by atoms with Crippen LogP contribution in [0.25, 0.3) is 0 Å². The fourth-order valence-corrected chi connectivity index (χ4v) is 3.67. The van der Waals surface area contributed by atoms with E-state index in [0.29, 0.717) is 5.56 Å². The minimum atomic E-state index is -4.64. The molecule has 0 saturated heterocycles. The van der Waals surface area contributed by atoms with Crippen molar-refractivity contribution in [2.75, 3.05) is 7.11 Å². The highest BCUT2D eigenvalue weighted by Crippen LogP contribution is 2.40. The van der Waals surface area contributed by atoms with E-state index in [9.17, 15) is 27.6 Å². The van der Waals surface area contributed by atoms with E-state index in [4.69, 9.17) is 14.6 Å². The Bertz CT molecular complexity index is 1060. The Morgan fingerprint density at radius 3 is 2.24 bits per heavy atom. The normalized spacial score (nSPS) is 15.4. The third kappa shape index (κ3) is 5.97. The summed E-state index contributed by atoms with van der Waals surface area (Å²) >= 11 is 0. The van der Waals surface area contributed by atoms with E-state index < -0.39 is 29.3 Å². The molecule has 1 aliphatic carbocycles. The lowest BCUT2D eigenvalue weighted by Gasteiger charge is -2.35. The molecule has 11 heteroatoms. The summed E-state index contributed by atoms with van der Waals surface area (Å²) in [4.78, 5) is 35.4. The standard InChI is InChI=1S/C23H23F3N2O6/c1-33-17-6-7-19(18(12-17)23(24,25)26)34-16-4-2-14(3-5-16)13-27-20(30)22(28-21(31)32)10-8-15(29)9-11-22/h2-7,12,28H,8-11,13H2,1H3,(H,27,30)(H,31,32). The highest BCUT2D eigenvalue weighted by Gasteiger charge is 2.42. The Kier molecular flexibility index (Phi) is 7.33. The number of ketones is 1. The van der Waals surface area contributed by atoms with Gasteiger partial charge in [0, 0.05) is 19.4 Å². The van der Waals surface area contributed by atoms with Gasteiger partial charge in [-0.25, -0.2) is 4.79 Å². The molecule has 0 unspecified atom stereocenters. The number of methoxy groups -OCH3 is 1. The molecule has 0 atom stereocenters. The summed E-state index contributed by atoms with van der Waals surface area (Å²) in [5.74, 6) is -0.765. The van der Waals surface area contributed by atoms with Gasteiger partial charge in [-0.05, 0) is 48.7 Å². The number of hydrogen-bond donors (Lipinski definition) is 3. The van der Waals surface area contributed by atoms with Crippen molar-refractivity contribution in [1.29, 1.82) is 0 Å². The number of carbonyl (C=O) groups excluding carboxylic acids is 2. The van der Waals surface area contributed by atoms with Crippen LogP contribution in [0.4, 0.5) is 18.0 Å². The quantitative estimate of drug-likeness (QED) is 0.545. The van der Waals surface area contributed by atoms with Crippen LogP contribution in [0.15, 0.2) is 42.5 Å². The lowest BCUT2D eigenvalue weighted by atomic mass is 9.80. The number of hydrogen-bond acceptors (Lipinski definition) is 5. The van der Waals surface area contributed by atoms with Crippen LogP contribution in [0.3, 0.4) is 0 Å². The van der Waals surface area contributed by atoms with Gasteiger partial charge >= 0.3 is 12.3 Å². The molecule has 2 aromatic carbocycles. The Balaban J connectivity index is 1.67. The maximum Gasteiger partial charge on any atom is 0.420 e. The molecule has 2 amide bonds. The fraction of sp³-hybridized carbons (Fsp3) is 0.348.